The smallest absolute Gasteiger partial charge is 0.126 e. The normalized spacial score (nSPS) is 12.3. The molecule has 2 N–H and O–H groups in total. The molecule has 0 heterocycles. The molecule has 1 rings (SSSR count). The molecule has 16 heavy (non-hydrogen) atoms. The predicted molar refractivity (Wildman–Crippen MR) is 69.2 cm³/mol. The van der Waals surface area contributed by atoms with E-state index in [9.17, 15) is 0 Å². The van der Waals surface area contributed by atoms with Crippen molar-refractivity contribution in [2.45, 2.75) is 25.8 Å². The third-order valence-corrected chi connectivity index (χ3v) is 3.14. The Bertz CT molecular complexity index is 353. The van der Waals surface area contributed by atoms with Crippen LogP contribution in [0.5, 0.6) is 11.5 Å². The van der Waals surface area contributed by atoms with Gasteiger partial charge >= 0.3 is 0 Å². The fourth-order valence-electron chi connectivity index (χ4n) is 1.50. The van der Waals surface area contributed by atoms with Crippen molar-refractivity contribution in [1.82, 2.24) is 0 Å². The summed E-state index contributed by atoms with van der Waals surface area (Å²) in [6.45, 7) is 2.00. The van der Waals surface area contributed by atoms with Gasteiger partial charge in [-0.25, -0.2) is 0 Å². The van der Waals surface area contributed by atoms with Crippen molar-refractivity contribution < 1.29 is 9.47 Å². The van der Waals surface area contributed by atoms with E-state index in [0.29, 0.717) is 0 Å². The van der Waals surface area contributed by atoms with Gasteiger partial charge in [0.25, 0.3) is 0 Å². The van der Waals surface area contributed by atoms with Gasteiger partial charge in [0, 0.05) is 22.1 Å². The van der Waals surface area contributed by atoms with Crippen LogP contribution in [0.2, 0.25) is 0 Å². The number of hydrogen-bond donors (Lipinski definition) is 1. The largest absolute Gasteiger partial charge is 0.497 e. The minimum atomic E-state index is 0.193. The first-order valence-corrected chi connectivity index (χ1v) is 6.03. The van der Waals surface area contributed by atoms with E-state index >= 15 is 0 Å². The number of ether oxygens (including phenoxy) is 2. The molecule has 0 saturated heterocycles. The third-order valence-electron chi connectivity index (χ3n) is 2.43. The first-order chi connectivity index (χ1) is 7.58. The molecule has 0 saturated carbocycles. The molecule has 1 atom stereocenters. The van der Waals surface area contributed by atoms with Gasteiger partial charge in [-0.2, -0.15) is 0 Å². The van der Waals surface area contributed by atoms with Gasteiger partial charge in [0.2, 0.25) is 0 Å². The highest BCUT2D eigenvalue weighted by molar-refractivity contribution is 9.10. The maximum Gasteiger partial charge on any atom is 0.126 e. The second-order valence-electron chi connectivity index (χ2n) is 3.81. The van der Waals surface area contributed by atoms with Gasteiger partial charge in [0.15, 0.2) is 0 Å². The average Bonchev–Trinajstić information content (AvgIpc) is 2.26. The lowest BCUT2D eigenvalue weighted by Crippen LogP contribution is -2.15. The van der Waals surface area contributed by atoms with Crippen LogP contribution in [0.3, 0.4) is 0 Å². The molecular weight excluding hydrogens is 270 g/mol. The maximum atomic E-state index is 5.76. The highest BCUT2D eigenvalue weighted by Crippen LogP contribution is 2.33. The van der Waals surface area contributed by atoms with Crippen molar-refractivity contribution in [3.63, 3.8) is 0 Å². The van der Waals surface area contributed by atoms with Gasteiger partial charge in [-0.05, 0) is 25.8 Å². The summed E-state index contributed by atoms with van der Waals surface area (Å²) >= 11 is 3.53. The van der Waals surface area contributed by atoms with Crippen molar-refractivity contribution in [3.05, 3.63) is 22.2 Å². The molecule has 0 aliphatic rings. The minimum Gasteiger partial charge on any atom is -0.497 e. The summed E-state index contributed by atoms with van der Waals surface area (Å²) < 4.78 is 11.5. The Morgan fingerprint density at radius 2 is 2.00 bits per heavy atom. The molecule has 1 unspecified atom stereocenters. The molecule has 0 aliphatic carbocycles. The number of benzene rings is 1. The van der Waals surface area contributed by atoms with Crippen LogP contribution >= 0.6 is 15.9 Å². The van der Waals surface area contributed by atoms with Crippen molar-refractivity contribution >= 4 is 15.9 Å². The summed E-state index contributed by atoms with van der Waals surface area (Å²) in [6.07, 6.45) is 1.83. The standard InChI is InChI=1S/C12H18BrNO2/c1-8(14)4-5-10-11(13)6-9(15-2)7-12(10)16-3/h6-8H,4-5,14H2,1-3H3. The zero-order valence-corrected chi connectivity index (χ0v) is 11.5. The molecule has 0 amide bonds. The lowest BCUT2D eigenvalue weighted by Gasteiger charge is -2.13. The first-order valence-electron chi connectivity index (χ1n) is 5.24. The van der Waals surface area contributed by atoms with Crippen molar-refractivity contribution in [3.8, 4) is 11.5 Å². The number of hydrogen-bond acceptors (Lipinski definition) is 3. The fourth-order valence-corrected chi connectivity index (χ4v) is 2.12. The van der Waals surface area contributed by atoms with Crippen LogP contribution in [0.25, 0.3) is 0 Å². The monoisotopic (exact) mass is 287 g/mol. The van der Waals surface area contributed by atoms with Gasteiger partial charge in [0.05, 0.1) is 14.2 Å². The van der Waals surface area contributed by atoms with Crippen LogP contribution in [0.15, 0.2) is 16.6 Å². The molecule has 0 radical (unpaired) electrons. The van der Waals surface area contributed by atoms with Gasteiger partial charge in [0.1, 0.15) is 11.5 Å². The van der Waals surface area contributed by atoms with Gasteiger partial charge in [-0.1, -0.05) is 15.9 Å². The molecule has 1 aromatic rings. The average molecular weight is 288 g/mol. The summed E-state index contributed by atoms with van der Waals surface area (Å²) in [5, 5.41) is 0. The Hall–Kier alpha value is -0.740. The Morgan fingerprint density at radius 1 is 1.31 bits per heavy atom. The molecular formula is C12H18BrNO2. The van der Waals surface area contributed by atoms with Crippen molar-refractivity contribution in [2.24, 2.45) is 5.73 Å². The minimum absolute atomic E-state index is 0.193. The number of methoxy groups -OCH3 is 2. The summed E-state index contributed by atoms with van der Waals surface area (Å²) in [5.74, 6) is 1.63. The quantitative estimate of drug-likeness (QED) is 0.906. The molecule has 0 aliphatic heterocycles. The van der Waals surface area contributed by atoms with Crippen molar-refractivity contribution in [1.29, 1.82) is 0 Å². The highest BCUT2D eigenvalue weighted by atomic mass is 79.9. The van der Waals surface area contributed by atoms with Gasteiger partial charge in [-0.3, -0.25) is 0 Å². The molecule has 0 spiro atoms. The molecule has 0 aromatic heterocycles. The van der Waals surface area contributed by atoms with Crippen LogP contribution in [0.1, 0.15) is 18.9 Å². The molecule has 0 fully saturated rings. The predicted octanol–water partition coefficient (Wildman–Crippen LogP) is 2.75. The zero-order valence-electron chi connectivity index (χ0n) is 9.92. The zero-order chi connectivity index (χ0) is 12.1. The second kappa shape index (κ2) is 6.11. The van der Waals surface area contributed by atoms with Crippen molar-refractivity contribution in [2.75, 3.05) is 14.2 Å². The Labute approximate surface area is 105 Å². The van der Waals surface area contributed by atoms with Crippen LogP contribution < -0.4 is 15.2 Å². The maximum absolute atomic E-state index is 5.76. The van der Waals surface area contributed by atoms with E-state index in [1.54, 1.807) is 14.2 Å². The van der Waals surface area contributed by atoms with Gasteiger partial charge < -0.3 is 15.2 Å². The topological polar surface area (TPSA) is 44.5 Å². The summed E-state index contributed by atoms with van der Waals surface area (Å²) in [4.78, 5) is 0. The molecule has 3 nitrogen and oxygen atoms in total. The van der Waals surface area contributed by atoms with E-state index in [2.05, 4.69) is 15.9 Å². The molecule has 90 valence electrons. The van der Waals surface area contributed by atoms with Crippen LogP contribution in [-0.4, -0.2) is 20.3 Å². The lowest BCUT2D eigenvalue weighted by atomic mass is 10.1. The Balaban J connectivity index is 2.97. The van der Waals surface area contributed by atoms with E-state index in [4.69, 9.17) is 15.2 Å². The van der Waals surface area contributed by atoms with Gasteiger partial charge in [-0.15, -0.1) is 0 Å². The molecule has 1 aromatic carbocycles. The summed E-state index contributed by atoms with van der Waals surface area (Å²) in [5.41, 5.74) is 6.90. The first kappa shape index (κ1) is 13.3. The van der Waals surface area contributed by atoms with E-state index in [1.807, 2.05) is 19.1 Å². The van der Waals surface area contributed by atoms with Crippen LogP contribution in [-0.2, 0) is 6.42 Å². The number of halogens is 1. The lowest BCUT2D eigenvalue weighted by molar-refractivity contribution is 0.389. The third kappa shape index (κ3) is 3.39. The second-order valence-corrected chi connectivity index (χ2v) is 4.66. The number of nitrogens with two attached hydrogens (primary N) is 1. The van der Waals surface area contributed by atoms with E-state index < -0.39 is 0 Å². The highest BCUT2D eigenvalue weighted by Gasteiger charge is 2.11. The van der Waals surface area contributed by atoms with Crippen LogP contribution in [0.4, 0.5) is 0 Å². The fraction of sp³-hybridized carbons (Fsp3) is 0.500. The summed E-state index contributed by atoms with van der Waals surface area (Å²) in [7, 11) is 3.30. The Morgan fingerprint density at radius 3 is 2.50 bits per heavy atom. The van der Waals surface area contributed by atoms with E-state index in [-0.39, 0.29) is 6.04 Å². The van der Waals surface area contributed by atoms with Crippen LogP contribution in [0, 0.1) is 0 Å². The van der Waals surface area contributed by atoms with E-state index in [1.165, 1.54) is 0 Å². The Kier molecular flexibility index (Phi) is 5.09. The number of rotatable bonds is 5. The summed E-state index contributed by atoms with van der Waals surface area (Å²) in [6, 6.07) is 4.03. The SMILES string of the molecule is COc1cc(Br)c(CCC(C)N)c(OC)c1. The van der Waals surface area contributed by atoms with E-state index in [0.717, 1.165) is 34.4 Å². The molecule has 0 bridgehead atoms. The molecule has 4 heteroatoms.